The fourth-order valence-corrected chi connectivity index (χ4v) is 4.32. The van der Waals surface area contributed by atoms with Gasteiger partial charge in [-0.05, 0) is 51.9 Å². The summed E-state index contributed by atoms with van der Waals surface area (Å²) >= 11 is 0. The van der Waals surface area contributed by atoms with Gasteiger partial charge in [0.1, 0.15) is 5.60 Å². The van der Waals surface area contributed by atoms with Crippen molar-refractivity contribution in [1.29, 1.82) is 0 Å². The van der Waals surface area contributed by atoms with Crippen molar-refractivity contribution >= 4 is 6.09 Å². The Labute approximate surface area is 133 Å². The first-order chi connectivity index (χ1) is 9.92. The fourth-order valence-electron chi connectivity index (χ4n) is 4.32. The van der Waals surface area contributed by atoms with Gasteiger partial charge < -0.3 is 19.8 Å². The average molecular weight is 313 g/mol. The van der Waals surface area contributed by atoms with Gasteiger partial charge in [-0.2, -0.15) is 0 Å². The van der Waals surface area contributed by atoms with Gasteiger partial charge in [-0.25, -0.2) is 4.79 Å². The molecule has 2 fully saturated rings. The minimum absolute atomic E-state index is 0.0327. The van der Waals surface area contributed by atoms with Crippen molar-refractivity contribution in [3.05, 3.63) is 0 Å². The molecule has 2 rings (SSSR count). The third kappa shape index (κ3) is 3.25. The number of nitrogens with zero attached hydrogens (tertiary/aromatic N) is 1. The second-order valence-corrected chi connectivity index (χ2v) is 8.99. The topological polar surface area (TPSA) is 70.0 Å². The first-order valence-electron chi connectivity index (χ1n) is 8.23. The van der Waals surface area contributed by atoms with Crippen LogP contribution in [0.3, 0.4) is 0 Å². The molecular formula is C17H31NO4. The smallest absolute Gasteiger partial charge is 0.410 e. The van der Waals surface area contributed by atoms with Gasteiger partial charge in [0.25, 0.3) is 0 Å². The van der Waals surface area contributed by atoms with E-state index < -0.39 is 16.6 Å². The van der Waals surface area contributed by atoms with Crippen molar-refractivity contribution < 1.29 is 19.7 Å². The number of likely N-dealkylation sites (tertiary alicyclic amines) is 1. The van der Waals surface area contributed by atoms with E-state index in [-0.39, 0.29) is 24.7 Å². The minimum atomic E-state index is -1.02. The van der Waals surface area contributed by atoms with Gasteiger partial charge in [-0.3, -0.25) is 0 Å². The lowest BCUT2D eigenvalue weighted by atomic mass is 9.47. The van der Waals surface area contributed by atoms with E-state index in [0.29, 0.717) is 13.0 Å². The molecule has 1 unspecified atom stereocenters. The zero-order valence-corrected chi connectivity index (χ0v) is 14.6. The number of amides is 1. The SMILES string of the molecule is CC1(C)CC(CO)(C2(O)CCCN(C(=O)OC(C)(C)C)C2)C1. The molecule has 1 amide bonds. The van der Waals surface area contributed by atoms with Crippen LogP contribution in [0.5, 0.6) is 0 Å². The van der Waals surface area contributed by atoms with E-state index in [9.17, 15) is 15.0 Å². The number of ether oxygens (including phenoxy) is 1. The Morgan fingerprint density at radius 1 is 1.27 bits per heavy atom. The van der Waals surface area contributed by atoms with Crippen LogP contribution >= 0.6 is 0 Å². The van der Waals surface area contributed by atoms with Crippen LogP contribution in [0.15, 0.2) is 0 Å². The molecule has 1 aliphatic heterocycles. The Morgan fingerprint density at radius 3 is 2.32 bits per heavy atom. The highest BCUT2D eigenvalue weighted by Gasteiger charge is 2.61. The lowest BCUT2D eigenvalue weighted by Gasteiger charge is -2.61. The molecule has 2 aliphatic rings. The van der Waals surface area contributed by atoms with Crippen LogP contribution in [0.4, 0.5) is 4.79 Å². The summed E-state index contributed by atoms with van der Waals surface area (Å²) < 4.78 is 5.42. The van der Waals surface area contributed by atoms with Gasteiger partial charge in [0, 0.05) is 12.0 Å². The second-order valence-electron chi connectivity index (χ2n) is 8.99. The number of carbonyl (C=O) groups excluding carboxylic acids is 1. The van der Waals surface area contributed by atoms with E-state index in [0.717, 1.165) is 19.3 Å². The van der Waals surface area contributed by atoms with Gasteiger partial charge in [0.15, 0.2) is 0 Å². The zero-order valence-electron chi connectivity index (χ0n) is 14.6. The van der Waals surface area contributed by atoms with Crippen LogP contribution in [-0.2, 0) is 4.74 Å². The number of hydrogen-bond acceptors (Lipinski definition) is 4. The standard InChI is InChI=1S/C17H31NO4/c1-14(2,3)22-13(20)18-8-6-7-17(21,11-18)16(12-19)9-15(4,5)10-16/h19,21H,6-12H2,1-5H3. The Bertz CT molecular complexity index is 432. The van der Waals surface area contributed by atoms with Crippen LogP contribution in [0, 0.1) is 10.8 Å². The molecule has 0 radical (unpaired) electrons. The first kappa shape index (κ1) is 17.5. The molecule has 128 valence electrons. The zero-order chi connectivity index (χ0) is 16.8. The third-order valence-electron chi connectivity index (χ3n) is 5.05. The molecule has 1 saturated carbocycles. The maximum absolute atomic E-state index is 12.3. The largest absolute Gasteiger partial charge is 0.444 e. The summed E-state index contributed by atoms with van der Waals surface area (Å²) in [6.45, 7) is 10.6. The summed E-state index contributed by atoms with van der Waals surface area (Å²) in [6, 6.07) is 0. The molecule has 0 spiro atoms. The Kier molecular flexibility index (Phi) is 4.29. The van der Waals surface area contributed by atoms with E-state index in [1.807, 2.05) is 20.8 Å². The third-order valence-corrected chi connectivity index (χ3v) is 5.05. The fraction of sp³-hybridized carbons (Fsp3) is 0.941. The van der Waals surface area contributed by atoms with Crippen molar-refractivity contribution in [2.75, 3.05) is 19.7 Å². The van der Waals surface area contributed by atoms with Gasteiger partial charge >= 0.3 is 6.09 Å². The maximum Gasteiger partial charge on any atom is 0.410 e. The quantitative estimate of drug-likeness (QED) is 0.822. The number of aliphatic hydroxyl groups excluding tert-OH is 1. The minimum Gasteiger partial charge on any atom is -0.444 e. The van der Waals surface area contributed by atoms with Crippen molar-refractivity contribution in [2.24, 2.45) is 10.8 Å². The van der Waals surface area contributed by atoms with Crippen molar-refractivity contribution in [3.8, 4) is 0 Å². The molecule has 1 aliphatic carbocycles. The molecule has 1 atom stereocenters. The van der Waals surface area contributed by atoms with Crippen molar-refractivity contribution in [1.82, 2.24) is 4.90 Å². The van der Waals surface area contributed by atoms with Crippen LogP contribution in [-0.4, -0.2) is 52.1 Å². The van der Waals surface area contributed by atoms with Crippen molar-refractivity contribution in [3.63, 3.8) is 0 Å². The van der Waals surface area contributed by atoms with Gasteiger partial charge in [-0.15, -0.1) is 0 Å². The summed E-state index contributed by atoms with van der Waals surface area (Å²) in [5, 5.41) is 21.1. The monoisotopic (exact) mass is 313 g/mol. The van der Waals surface area contributed by atoms with Crippen LogP contribution < -0.4 is 0 Å². The van der Waals surface area contributed by atoms with Crippen LogP contribution in [0.1, 0.15) is 60.3 Å². The number of carbonyl (C=O) groups is 1. The highest BCUT2D eigenvalue weighted by atomic mass is 16.6. The molecule has 0 aromatic rings. The summed E-state index contributed by atoms with van der Waals surface area (Å²) in [7, 11) is 0. The van der Waals surface area contributed by atoms with Crippen LogP contribution in [0.2, 0.25) is 0 Å². The molecule has 1 heterocycles. The van der Waals surface area contributed by atoms with E-state index >= 15 is 0 Å². The molecule has 0 aromatic carbocycles. The molecule has 1 saturated heterocycles. The summed E-state index contributed by atoms with van der Waals surface area (Å²) in [5.41, 5.74) is -1.91. The molecule has 0 aromatic heterocycles. The number of hydrogen-bond donors (Lipinski definition) is 2. The number of rotatable bonds is 2. The Balaban J connectivity index is 2.10. The van der Waals surface area contributed by atoms with E-state index in [1.165, 1.54) is 0 Å². The lowest BCUT2D eigenvalue weighted by molar-refractivity contribution is -0.213. The van der Waals surface area contributed by atoms with Gasteiger partial charge in [0.05, 0.1) is 18.8 Å². The van der Waals surface area contributed by atoms with E-state index in [1.54, 1.807) is 4.90 Å². The molecule has 5 nitrogen and oxygen atoms in total. The average Bonchev–Trinajstić information content (AvgIpc) is 2.33. The molecular weight excluding hydrogens is 282 g/mol. The summed E-state index contributed by atoms with van der Waals surface area (Å²) in [5.74, 6) is 0. The molecule has 2 N–H and O–H groups in total. The lowest BCUT2D eigenvalue weighted by Crippen LogP contribution is -2.66. The predicted molar refractivity (Wildman–Crippen MR) is 84.5 cm³/mol. The maximum atomic E-state index is 12.3. The number of aliphatic hydroxyl groups is 2. The highest BCUT2D eigenvalue weighted by Crippen LogP contribution is 2.60. The molecule has 22 heavy (non-hydrogen) atoms. The first-order valence-corrected chi connectivity index (χ1v) is 8.23. The van der Waals surface area contributed by atoms with Crippen LogP contribution in [0.25, 0.3) is 0 Å². The van der Waals surface area contributed by atoms with Crippen molar-refractivity contribution in [2.45, 2.75) is 71.5 Å². The summed E-state index contributed by atoms with van der Waals surface area (Å²) in [4.78, 5) is 13.9. The summed E-state index contributed by atoms with van der Waals surface area (Å²) in [6.07, 6.45) is 2.56. The number of piperidine rings is 1. The Hall–Kier alpha value is -0.810. The normalized spacial score (nSPS) is 30.6. The van der Waals surface area contributed by atoms with E-state index in [2.05, 4.69) is 13.8 Å². The van der Waals surface area contributed by atoms with E-state index in [4.69, 9.17) is 4.74 Å². The van der Waals surface area contributed by atoms with Gasteiger partial charge in [-0.1, -0.05) is 13.8 Å². The van der Waals surface area contributed by atoms with Gasteiger partial charge in [0.2, 0.25) is 0 Å². The molecule has 0 bridgehead atoms. The Morgan fingerprint density at radius 2 is 1.86 bits per heavy atom. The second kappa shape index (κ2) is 5.38. The highest BCUT2D eigenvalue weighted by molar-refractivity contribution is 5.68. The molecule has 5 heteroatoms. The predicted octanol–water partition coefficient (Wildman–Crippen LogP) is 2.55. The number of β-amino-alcohol motifs (C(OH)–C–C–N with tert-alkyl or cyclic N) is 1.